The second-order valence-corrected chi connectivity index (χ2v) is 3.23. The fourth-order valence-corrected chi connectivity index (χ4v) is 1.07. The summed E-state index contributed by atoms with van der Waals surface area (Å²) in [5.74, 6) is -1.76. The summed E-state index contributed by atoms with van der Waals surface area (Å²) >= 11 is 0. The molecule has 92 valence electrons. The van der Waals surface area contributed by atoms with Crippen LogP contribution in [0.2, 0.25) is 0 Å². The van der Waals surface area contributed by atoms with E-state index in [0.29, 0.717) is 0 Å². The van der Waals surface area contributed by atoms with Crippen LogP contribution in [0.15, 0.2) is 12.3 Å². The summed E-state index contributed by atoms with van der Waals surface area (Å²) in [5.41, 5.74) is -0.162. The molecule has 0 aliphatic carbocycles. The Bertz CT molecular complexity index is 454. The summed E-state index contributed by atoms with van der Waals surface area (Å²) in [6, 6.07) is -0.140. The molecule has 0 aliphatic heterocycles. The van der Waals surface area contributed by atoms with E-state index in [1.807, 2.05) is 0 Å². The molecule has 1 aromatic rings. The molecule has 1 unspecified atom stereocenters. The molecule has 8 heteroatoms. The third kappa shape index (κ3) is 3.03. The van der Waals surface area contributed by atoms with Gasteiger partial charge in [0.2, 0.25) is 0 Å². The maximum Gasteiger partial charge on any atom is 0.356 e. The molecule has 0 aromatic carbocycles. The van der Waals surface area contributed by atoms with Crippen LogP contribution in [0.1, 0.15) is 23.5 Å². The number of carboxylic acid groups (broad SMARTS) is 1. The molecule has 0 spiro atoms. The molecule has 1 heterocycles. The number of hydrogen-bond acceptors (Lipinski definition) is 4. The molecule has 1 aromatic heterocycles. The summed E-state index contributed by atoms with van der Waals surface area (Å²) in [6.07, 6.45) is 1.36. The first-order valence-corrected chi connectivity index (χ1v) is 4.76. The zero-order valence-electron chi connectivity index (χ0n) is 9.30. The first-order chi connectivity index (χ1) is 7.95. The second kappa shape index (κ2) is 5.10. The van der Waals surface area contributed by atoms with Crippen molar-refractivity contribution in [3.8, 4) is 0 Å². The SMILES string of the molecule is CNC(=O)NC(=O)C(C)n1ccc(C(=O)O)n1. The molecule has 3 N–H and O–H groups in total. The fraction of sp³-hybridized carbons (Fsp3) is 0.333. The molecule has 3 amide bonds. The van der Waals surface area contributed by atoms with E-state index in [2.05, 4.69) is 15.7 Å². The Hall–Kier alpha value is -2.38. The van der Waals surface area contributed by atoms with E-state index in [1.54, 1.807) is 0 Å². The fourth-order valence-electron chi connectivity index (χ4n) is 1.07. The number of hydrogen-bond donors (Lipinski definition) is 3. The van der Waals surface area contributed by atoms with E-state index >= 15 is 0 Å². The van der Waals surface area contributed by atoms with Crippen molar-refractivity contribution in [3.63, 3.8) is 0 Å². The minimum Gasteiger partial charge on any atom is -0.476 e. The van der Waals surface area contributed by atoms with E-state index < -0.39 is 23.9 Å². The van der Waals surface area contributed by atoms with Crippen molar-refractivity contribution in [3.05, 3.63) is 18.0 Å². The molecule has 0 aliphatic rings. The average molecular weight is 240 g/mol. The standard InChI is InChI=1S/C9H12N4O4/c1-5(7(14)11-9(17)10-2)13-4-3-6(12-13)8(15)16/h3-5H,1-2H3,(H,15,16)(H2,10,11,14,17). The number of nitrogens with one attached hydrogen (secondary N) is 2. The van der Waals surface area contributed by atoms with E-state index in [4.69, 9.17) is 5.11 Å². The van der Waals surface area contributed by atoms with Gasteiger partial charge in [-0.1, -0.05) is 0 Å². The number of carbonyl (C=O) groups excluding carboxylic acids is 2. The van der Waals surface area contributed by atoms with Crippen molar-refractivity contribution in [2.45, 2.75) is 13.0 Å². The van der Waals surface area contributed by atoms with E-state index in [-0.39, 0.29) is 5.69 Å². The Morgan fingerprint density at radius 3 is 2.59 bits per heavy atom. The van der Waals surface area contributed by atoms with Crippen LogP contribution in [0, 0.1) is 0 Å². The Morgan fingerprint density at radius 1 is 1.47 bits per heavy atom. The maximum atomic E-state index is 11.5. The monoisotopic (exact) mass is 240 g/mol. The van der Waals surface area contributed by atoms with Crippen LogP contribution in [0.25, 0.3) is 0 Å². The number of amides is 3. The van der Waals surface area contributed by atoms with Crippen LogP contribution in [-0.4, -0.2) is 39.8 Å². The Morgan fingerprint density at radius 2 is 2.12 bits per heavy atom. The highest BCUT2D eigenvalue weighted by molar-refractivity contribution is 5.95. The van der Waals surface area contributed by atoms with Crippen molar-refractivity contribution < 1.29 is 19.5 Å². The highest BCUT2D eigenvalue weighted by atomic mass is 16.4. The molecule has 0 saturated carbocycles. The highest BCUT2D eigenvalue weighted by Crippen LogP contribution is 2.05. The largest absolute Gasteiger partial charge is 0.476 e. The molecule has 1 atom stereocenters. The molecule has 1 rings (SSSR count). The third-order valence-corrected chi connectivity index (χ3v) is 2.07. The Balaban J connectivity index is 2.74. The lowest BCUT2D eigenvalue weighted by molar-refractivity contribution is -0.123. The smallest absolute Gasteiger partial charge is 0.356 e. The molecule has 0 fully saturated rings. The first-order valence-electron chi connectivity index (χ1n) is 4.76. The van der Waals surface area contributed by atoms with E-state index in [0.717, 1.165) is 0 Å². The number of rotatable bonds is 3. The van der Waals surface area contributed by atoms with Crippen LogP contribution in [-0.2, 0) is 4.79 Å². The van der Waals surface area contributed by atoms with Gasteiger partial charge in [-0.05, 0) is 13.0 Å². The number of imide groups is 1. The second-order valence-electron chi connectivity index (χ2n) is 3.23. The molecule has 8 nitrogen and oxygen atoms in total. The zero-order chi connectivity index (χ0) is 13.0. The van der Waals surface area contributed by atoms with Gasteiger partial charge in [0.25, 0.3) is 5.91 Å². The Kier molecular flexibility index (Phi) is 3.81. The lowest BCUT2D eigenvalue weighted by Crippen LogP contribution is -2.41. The topological polar surface area (TPSA) is 113 Å². The highest BCUT2D eigenvalue weighted by Gasteiger charge is 2.19. The first kappa shape index (κ1) is 12.7. The predicted molar refractivity (Wildman–Crippen MR) is 56.5 cm³/mol. The van der Waals surface area contributed by atoms with Gasteiger partial charge >= 0.3 is 12.0 Å². The number of carboxylic acids is 1. The van der Waals surface area contributed by atoms with Crippen molar-refractivity contribution in [2.24, 2.45) is 0 Å². The van der Waals surface area contributed by atoms with Crippen molar-refractivity contribution in [2.75, 3.05) is 7.05 Å². The lowest BCUT2D eigenvalue weighted by Gasteiger charge is -2.11. The minimum absolute atomic E-state index is 0.162. The van der Waals surface area contributed by atoms with Crippen LogP contribution >= 0.6 is 0 Å². The van der Waals surface area contributed by atoms with Gasteiger partial charge in [-0.25, -0.2) is 9.59 Å². The van der Waals surface area contributed by atoms with E-state index in [1.165, 1.54) is 30.9 Å². The molecular formula is C9H12N4O4. The van der Waals surface area contributed by atoms with Crippen LogP contribution < -0.4 is 10.6 Å². The van der Waals surface area contributed by atoms with E-state index in [9.17, 15) is 14.4 Å². The van der Waals surface area contributed by atoms with Crippen molar-refractivity contribution in [1.82, 2.24) is 20.4 Å². The molecule has 17 heavy (non-hydrogen) atoms. The van der Waals surface area contributed by atoms with Crippen LogP contribution in [0.3, 0.4) is 0 Å². The van der Waals surface area contributed by atoms with Gasteiger partial charge in [0.05, 0.1) is 0 Å². The minimum atomic E-state index is -1.18. The maximum absolute atomic E-state index is 11.5. The zero-order valence-corrected chi connectivity index (χ0v) is 9.30. The van der Waals surface area contributed by atoms with Crippen LogP contribution in [0.5, 0.6) is 0 Å². The summed E-state index contributed by atoms with van der Waals surface area (Å²) in [7, 11) is 1.38. The summed E-state index contributed by atoms with van der Waals surface area (Å²) < 4.78 is 1.17. The normalized spacial score (nSPS) is 11.6. The van der Waals surface area contributed by atoms with Gasteiger partial charge in [-0.15, -0.1) is 0 Å². The summed E-state index contributed by atoms with van der Waals surface area (Å²) in [6.45, 7) is 1.50. The van der Waals surface area contributed by atoms with Gasteiger partial charge < -0.3 is 10.4 Å². The number of aromatic nitrogens is 2. The van der Waals surface area contributed by atoms with Crippen molar-refractivity contribution >= 4 is 17.9 Å². The molecule has 0 bridgehead atoms. The number of urea groups is 1. The predicted octanol–water partition coefficient (Wildman–Crippen LogP) is -0.402. The average Bonchev–Trinajstić information content (AvgIpc) is 2.77. The lowest BCUT2D eigenvalue weighted by atomic mass is 10.3. The third-order valence-electron chi connectivity index (χ3n) is 2.07. The van der Waals surface area contributed by atoms with Gasteiger partial charge in [0.1, 0.15) is 6.04 Å². The quantitative estimate of drug-likeness (QED) is 0.665. The number of aromatic carboxylic acids is 1. The number of carbonyl (C=O) groups is 3. The van der Waals surface area contributed by atoms with Crippen LogP contribution in [0.4, 0.5) is 4.79 Å². The molecular weight excluding hydrogens is 228 g/mol. The van der Waals surface area contributed by atoms with Gasteiger partial charge in [-0.3, -0.25) is 14.8 Å². The van der Waals surface area contributed by atoms with Crippen molar-refractivity contribution in [1.29, 1.82) is 0 Å². The van der Waals surface area contributed by atoms with Gasteiger partial charge in [0.15, 0.2) is 5.69 Å². The summed E-state index contributed by atoms with van der Waals surface area (Å²) in [4.78, 5) is 33.0. The summed E-state index contributed by atoms with van der Waals surface area (Å²) in [5, 5.41) is 16.7. The van der Waals surface area contributed by atoms with Gasteiger partial charge in [-0.2, -0.15) is 5.10 Å². The molecule has 0 saturated heterocycles. The number of nitrogens with zero attached hydrogens (tertiary/aromatic N) is 2. The van der Waals surface area contributed by atoms with Gasteiger partial charge in [0, 0.05) is 13.2 Å². The molecule has 0 radical (unpaired) electrons. The Labute approximate surface area is 96.6 Å².